The van der Waals surface area contributed by atoms with Gasteiger partial charge in [0, 0.05) is 4.90 Å². The normalized spacial score (nSPS) is 19.4. The Morgan fingerprint density at radius 3 is 2.59 bits per heavy atom. The number of amidine groups is 3. The molecule has 0 spiro atoms. The Kier molecular flexibility index (Phi) is 4.42. The molecule has 8 heteroatoms. The zero-order valence-electron chi connectivity index (χ0n) is 11.9. The second-order valence-electron chi connectivity index (χ2n) is 4.38. The lowest BCUT2D eigenvalue weighted by molar-refractivity contribution is -0.114. The third kappa shape index (κ3) is 2.73. The second-order valence-corrected chi connectivity index (χ2v) is 6.77. The zero-order chi connectivity index (χ0) is 15.7. The first-order valence-electron chi connectivity index (χ1n) is 6.31. The van der Waals surface area contributed by atoms with Crippen molar-refractivity contribution in [3.8, 4) is 0 Å². The fourth-order valence-electron chi connectivity index (χ4n) is 2.00. The highest BCUT2D eigenvalue weighted by atomic mass is 32.2. The molecule has 1 amide bonds. The number of aliphatic imine (C=N–C) groups is 1. The molecule has 0 radical (unpaired) electrons. The minimum absolute atomic E-state index is 0.127. The van der Waals surface area contributed by atoms with Crippen LogP contribution in [0.3, 0.4) is 0 Å². The maximum Gasteiger partial charge on any atom is 0.283 e. The molecule has 3 rings (SSSR count). The number of carbonyl (C=O) groups is 1. The molecule has 2 aliphatic heterocycles. The second kappa shape index (κ2) is 6.31. The van der Waals surface area contributed by atoms with Gasteiger partial charge >= 0.3 is 0 Å². The summed E-state index contributed by atoms with van der Waals surface area (Å²) < 4.78 is 4.22. The number of amides is 1. The van der Waals surface area contributed by atoms with Crippen molar-refractivity contribution in [1.29, 1.82) is 5.41 Å². The molecular weight excluding hydrogens is 336 g/mol. The zero-order valence-corrected chi connectivity index (χ0v) is 14.3. The molecule has 2 heterocycles. The van der Waals surface area contributed by atoms with Crippen molar-refractivity contribution >= 4 is 63.6 Å². The van der Waals surface area contributed by atoms with Crippen molar-refractivity contribution < 1.29 is 4.79 Å². The van der Waals surface area contributed by atoms with Crippen LogP contribution in [-0.2, 0) is 4.79 Å². The third-order valence-corrected chi connectivity index (χ3v) is 5.30. The van der Waals surface area contributed by atoms with E-state index in [2.05, 4.69) is 9.39 Å². The summed E-state index contributed by atoms with van der Waals surface area (Å²) in [5.41, 5.74) is 1.16. The third-order valence-electron chi connectivity index (χ3n) is 3.10. The molecule has 112 valence electrons. The number of fused-ring (bicyclic) bond motifs is 1. The molecule has 0 atom stereocenters. The van der Waals surface area contributed by atoms with Crippen LogP contribution in [0.5, 0.6) is 0 Å². The molecule has 0 bridgehead atoms. The summed E-state index contributed by atoms with van der Waals surface area (Å²) in [7, 11) is 0. The van der Waals surface area contributed by atoms with Gasteiger partial charge in [-0.15, -0.1) is 11.8 Å². The summed E-state index contributed by atoms with van der Waals surface area (Å²) in [5, 5.41) is 9.43. The molecule has 0 aliphatic carbocycles. The van der Waals surface area contributed by atoms with Crippen LogP contribution in [0.1, 0.15) is 5.56 Å². The molecule has 1 N–H and O–H groups in total. The highest BCUT2D eigenvalue weighted by Crippen LogP contribution is 2.31. The summed E-state index contributed by atoms with van der Waals surface area (Å²) in [5.74, 6) is -0.266. The first kappa shape index (κ1) is 15.4. The first-order chi connectivity index (χ1) is 10.6. The smallest absolute Gasteiger partial charge is 0.283 e. The number of hydrogen-bond donors (Lipinski definition) is 1. The lowest BCUT2D eigenvalue weighted by Crippen LogP contribution is -2.41. The Morgan fingerprint density at radius 2 is 1.95 bits per heavy atom. The predicted octanol–water partition coefficient (Wildman–Crippen LogP) is 3.35. The standard InChI is InChI=1S/C14H12N4OS3/c1-20-9-5-3-8(4-6-9)7-10-11(15)18-13(16-12(10)19)22-17-14(18)21-2/h3-7,15H,1-2H3/b10-7-,15-11?. The molecular formula is C14H12N4OS3. The number of nitrogens with one attached hydrogen (secondary N) is 1. The molecule has 0 saturated carbocycles. The van der Waals surface area contributed by atoms with Gasteiger partial charge in [0.1, 0.15) is 5.84 Å². The van der Waals surface area contributed by atoms with Crippen molar-refractivity contribution in [1.82, 2.24) is 4.90 Å². The van der Waals surface area contributed by atoms with Crippen LogP contribution < -0.4 is 0 Å². The van der Waals surface area contributed by atoms with Crippen molar-refractivity contribution in [2.75, 3.05) is 12.5 Å². The van der Waals surface area contributed by atoms with Crippen molar-refractivity contribution in [3.05, 3.63) is 35.4 Å². The molecule has 0 aromatic heterocycles. The summed E-state index contributed by atoms with van der Waals surface area (Å²) in [6.07, 6.45) is 5.60. The fourth-order valence-corrected chi connectivity index (χ4v) is 3.86. The van der Waals surface area contributed by atoms with E-state index in [9.17, 15) is 4.79 Å². The lowest BCUT2D eigenvalue weighted by atomic mass is 10.1. The minimum atomic E-state index is -0.393. The predicted molar refractivity (Wildman–Crippen MR) is 96.7 cm³/mol. The number of benzene rings is 1. The largest absolute Gasteiger partial charge is 0.283 e. The molecule has 2 aliphatic rings. The monoisotopic (exact) mass is 348 g/mol. The number of nitrogens with zero attached hydrogens (tertiary/aromatic N) is 3. The Balaban J connectivity index is 1.96. The Hall–Kier alpha value is -1.51. The van der Waals surface area contributed by atoms with Crippen LogP contribution >= 0.6 is 35.5 Å². The molecule has 0 fully saturated rings. The highest BCUT2D eigenvalue weighted by molar-refractivity contribution is 8.18. The molecule has 1 aromatic carbocycles. The van der Waals surface area contributed by atoms with Gasteiger partial charge in [0.15, 0.2) is 5.17 Å². The Bertz CT molecular complexity index is 737. The minimum Gasteiger partial charge on any atom is -0.283 e. The maximum absolute atomic E-state index is 12.2. The van der Waals surface area contributed by atoms with E-state index in [0.29, 0.717) is 10.3 Å². The van der Waals surface area contributed by atoms with Gasteiger partial charge in [-0.1, -0.05) is 23.9 Å². The van der Waals surface area contributed by atoms with Crippen LogP contribution in [-0.4, -0.2) is 39.5 Å². The SMILES string of the molecule is CSC1=NSC2=NC(=O)/C(=C\c3ccc(SC)cc3)C(=N)N12. The summed E-state index contributed by atoms with van der Waals surface area (Å²) in [6.45, 7) is 0. The Morgan fingerprint density at radius 1 is 1.23 bits per heavy atom. The van der Waals surface area contributed by atoms with Crippen molar-refractivity contribution in [2.45, 2.75) is 4.90 Å². The van der Waals surface area contributed by atoms with E-state index in [4.69, 9.17) is 5.41 Å². The van der Waals surface area contributed by atoms with E-state index in [1.54, 1.807) is 22.7 Å². The Labute approximate surface area is 141 Å². The van der Waals surface area contributed by atoms with Crippen molar-refractivity contribution in [3.63, 3.8) is 0 Å². The van der Waals surface area contributed by atoms with E-state index < -0.39 is 5.91 Å². The van der Waals surface area contributed by atoms with Gasteiger partial charge in [-0.3, -0.25) is 10.2 Å². The van der Waals surface area contributed by atoms with Crippen LogP contribution in [0.4, 0.5) is 0 Å². The number of rotatable bonds is 2. The lowest BCUT2D eigenvalue weighted by Gasteiger charge is -2.23. The van der Waals surface area contributed by atoms with E-state index in [1.807, 2.05) is 36.8 Å². The molecule has 1 aromatic rings. The summed E-state index contributed by atoms with van der Waals surface area (Å²) in [4.78, 5) is 19.0. The van der Waals surface area contributed by atoms with Gasteiger partial charge in [-0.25, -0.2) is 4.90 Å². The van der Waals surface area contributed by atoms with Gasteiger partial charge in [0.25, 0.3) is 5.91 Å². The van der Waals surface area contributed by atoms with Gasteiger partial charge in [0.2, 0.25) is 5.17 Å². The quantitative estimate of drug-likeness (QED) is 0.504. The molecule has 5 nitrogen and oxygen atoms in total. The van der Waals surface area contributed by atoms with Gasteiger partial charge < -0.3 is 0 Å². The van der Waals surface area contributed by atoms with Crippen molar-refractivity contribution in [2.24, 2.45) is 9.39 Å². The van der Waals surface area contributed by atoms with E-state index >= 15 is 0 Å². The number of carbonyl (C=O) groups excluding carboxylic acids is 1. The molecule has 22 heavy (non-hydrogen) atoms. The van der Waals surface area contributed by atoms with Crippen LogP contribution in [0, 0.1) is 5.41 Å². The van der Waals surface area contributed by atoms with Crippen LogP contribution in [0.15, 0.2) is 44.1 Å². The molecule has 0 saturated heterocycles. The number of thioether (sulfide) groups is 2. The highest BCUT2D eigenvalue weighted by Gasteiger charge is 2.36. The van der Waals surface area contributed by atoms with E-state index in [-0.39, 0.29) is 11.4 Å². The maximum atomic E-state index is 12.2. The van der Waals surface area contributed by atoms with Crippen LogP contribution in [0.2, 0.25) is 0 Å². The fraction of sp³-hybridized carbons (Fsp3) is 0.143. The summed E-state index contributed by atoms with van der Waals surface area (Å²) >= 11 is 4.22. The van der Waals surface area contributed by atoms with Gasteiger partial charge in [-0.05, 0) is 36.3 Å². The topological polar surface area (TPSA) is 68.9 Å². The van der Waals surface area contributed by atoms with E-state index in [1.165, 1.54) is 11.8 Å². The molecule has 0 unspecified atom stereocenters. The average Bonchev–Trinajstić information content (AvgIpc) is 2.95. The van der Waals surface area contributed by atoms with Crippen LogP contribution in [0.25, 0.3) is 6.08 Å². The van der Waals surface area contributed by atoms with Gasteiger partial charge in [0.05, 0.1) is 17.5 Å². The average molecular weight is 348 g/mol. The van der Waals surface area contributed by atoms with E-state index in [0.717, 1.165) is 22.4 Å². The first-order valence-corrected chi connectivity index (χ1v) is 9.53. The van der Waals surface area contributed by atoms with Gasteiger partial charge in [-0.2, -0.15) is 9.39 Å². The number of hydrogen-bond acceptors (Lipinski definition) is 6. The summed E-state index contributed by atoms with van der Waals surface area (Å²) in [6, 6.07) is 7.84.